The minimum absolute atomic E-state index is 0.0182. The molecule has 24 heteroatoms. The first-order chi connectivity index (χ1) is 28.3. The number of aromatic nitrogens is 11. The van der Waals surface area contributed by atoms with Crippen molar-refractivity contribution >= 4 is 58.0 Å². The summed E-state index contributed by atoms with van der Waals surface area (Å²) in [5.74, 6) is -3.01. The lowest BCUT2D eigenvalue weighted by atomic mass is 10.1. The van der Waals surface area contributed by atoms with E-state index in [0.717, 1.165) is 40.0 Å². The third-order valence-electron chi connectivity index (χ3n) is 8.60. The van der Waals surface area contributed by atoms with E-state index in [0.29, 0.717) is 17.2 Å². The second kappa shape index (κ2) is 15.3. The van der Waals surface area contributed by atoms with Crippen molar-refractivity contribution in [1.82, 2.24) is 54.1 Å². The second-order valence-corrected chi connectivity index (χ2v) is 12.7. The Bertz CT molecular complexity index is 2910. The summed E-state index contributed by atoms with van der Waals surface area (Å²) in [5, 5.41) is 74.3. The minimum Gasteiger partial charge on any atom is -0.479 e. The van der Waals surface area contributed by atoms with Gasteiger partial charge in [-0.05, 0) is 51.0 Å². The van der Waals surface area contributed by atoms with Gasteiger partial charge < -0.3 is 26.0 Å². The maximum Gasteiger partial charge on any atom is 0.336 e. The van der Waals surface area contributed by atoms with Crippen molar-refractivity contribution in [3.8, 4) is 29.7 Å². The van der Waals surface area contributed by atoms with E-state index in [1.807, 2.05) is 18.2 Å². The lowest BCUT2D eigenvalue weighted by Gasteiger charge is -2.15. The van der Waals surface area contributed by atoms with Crippen molar-refractivity contribution in [3.05, 3.63) is 88.3 Å². The molecule has 0 saturated carbocycles. The zero-order chi connectivity index (χ0) is 42.1. The smallest absolute Gasteiger partial charge is 0.336 e. The quantitative estimate of drug-likeness (QED) is 0.0937. The van der Waals surface area contributed by atoms with Crippen LogP contribution >= 0.6 is 0 Å². The number of aromatic hydroxyl groups is 1. The molecule has 59 heavy (non-hydrogen) atoms. The van der Waals surface area contributed by atoms with Crippen LogP contribution in [0.25, 0.3) is 28.1 Å². The van der Waals surface area contributed by atoms with Crippen LogP contribution in [-0.2, 0) is 0 Å². The molecule has 0 amide bonds. The summed E-state index contributed by atoms with van der Waals surface area (Å²) in [4.78, 5) is 41.1. The van der Waals surface area contributed by atoms with Crippen molar-refractivity contribution in [2.45, 2.75) is 26.7 Å². The predicted molar refractivity (Wildman–Crippen MR) is 206 cm³/mol. The fourth-order valence-electron chi connectivity index (χ4n) is 5.89. The molecule has 1 aliphatic carbocycles. The Balaban J connectivity index is 1.25. The van der Waals surface area contributed by atoms with E-state index in [1.54, 1.807) is 32.8 Å². The molecule has 6 aromatic rings. The highest BCUT2D eigenvalue weighted by molar-refractivity contribution is 6.02. The van der Waals surface area contributed by atoms with E-state index in [-0.39, 0.29) is 57.7 Å². The minimum atomic E-state index is -1.49. The molecule has 5 N–H and O–H groups in total. The summed E-state index contributed by atoms with van der Waals surface area (Å²) in [7, 11) is 3.45. The van der Waals surface area contributed by atoms with Gasteiger partial charge in [0.05, 0.1) is 52.9 Å². The lowest BCUT2D eigenvalue weighted by Crippen LogP contribution is -2.17. The first-order valence-corrected chi connectivity index (χ1v) is 17.1. The lowest BCUT2D eigenvalue weighted by molar-refractivity contribution is 0.0651. The monoisotopic (exact) mass is 795 g/mol. The van der Waals surface area contributed by atoms with Gasteiger partial charge >= 0.3 is 17.9 Å². The number of rotatable bonds is 11. The number of nitriles is 1. The number of aryl methyl sites for hydroxylation is 2. The highest BCUT2D eigenvalue weighted by Gasteiger charge is 2.25. The maximum atomic E-state index is 11.8. The van der Waals surface area contributed by atoms with Crippen LogP contribution in [0.4, 0.5) is 40.3 Å². The molecule has 0 spiro atoms. The Morgan fingerprint density at radius 2 is 1.54 bits per heavy atom. The molecule has 1 aliphatic rings. The molecule has 0 fully saturated rings. The van der Waals surface area contributed by atoms with Crippen molar-refractivity contribution in [2.24, 2.45) is 20.5 Å². The van der Waals surface area contributed by atoms with Crippen LogP contribution < -0.4 is 10.6 Å². The number of carboxylic acid groups (broad SMARTS) is 2. The molecule has 294 valence electrons. The summed E-state index contributed by atoms with van der Waals surface area (Å²) >= 11 is 0. The predicted octanol–water partition coefficient (Wildman–Crippen LogP) is 5.44. The van der Waals surface area contributed by atoms with E-state index in [2.05, 4.69) is 66.7 Å². The van der Waals surface area contributed by atoms with E-state index in [1.165, 1.54) is 27.8 Å². The number of aromatic carboxylic acids is 2. The van der Waals surface area contributed by atoms with E-state index < -0.39 is 29.1 Å². The van der Waals surface area contributed by atoms with Crippen LogP contribution in [0.2, 0.25) is 0 Å². The largest absolute Gasteiger partial charge is 0.479 e. The fraction of sp³-hybridized carbons (Fsp3) is 0.171. The number of nitrogen functional groups attached to an aromatic ring is 1. The van der Waals surface area contributed by atoms with Gasteiger partial charge in [0.15, 0.2) is 34.6 Å². The Morgan fingerprint density at radius 3 is 2.20 bits per heavy atom. The Kier molecular flexibility index (Phi) is 9.95. The van der Waals surface area contributed by atoms with Crippen LogP contribution in [0.15, 0.2) is 69.3 Å². The van der Waals surface area contributed by atoms with Gasteiger partial charge in [0.1, 0.15) is 11.6 Å². The average Bonchev–Trinajstić information content (AvgIpc) is 3.98. The number of hydrogen-bond donors (Lipinski definition) is 4. The first kappa shape index (κ1) is 38.3. The van der Waals surface area contributed by atoms with E-state index >= 15 is 0 Å². The number of azo groups is 2. The molecule has 0 saturated heterocycles. The van der Waals surface area contributed by atoms with Gasteiger partial charge in [-0.25, -0.2) is 23.8 Å². The summed E-state index contributed by atoms with van der Waals surface area (Å²) in [6.07, 6.45) is 10.2. The number of allylic oxidation sites excluding steroid dienone is 4. The molecule has 5 heterocycles. The zero-order valence-corrected chi connectivity index (χ0v) is 31.3. The van der Waals surface area contributed by atoms with E-state index in [4.69, 9.17) is 12.3 Å². The van der Waals surface area contributed by atoms with Crippen LogP contribution in [0.3, 0.4) is 0 Å². The molecule has 0 unspecified atom stereocenters. The van der Waals surface area contributed by atoms with Crippen molar-refractivity contribution in [3.63, 3.8) is 0 Å². The number of nitrogens with zero attached hydrogens (tertiary/aromatic N) is 18. The number of carboxylic acids is 2. The van der Waals surface area contributed by atoms with Crippen molar-refractivity contribution < 1.29 is 24.9 Å². The summed E-state index contributed by atoms with van der Waals surface area (Å²) in [5.41, 5.74) is 7.45. The van der Waals surface area contributed by atoms with Gasteiger partial charge in [-0.15, -0.1) is 20.5 Å². The van der Waals surface area contributed by atoms with Gasteiger partial charge in [-0.1, -0.05) is 12.2 Å². The first-order valence-electron chi connectivity index (χ1n) is 17.1. The number of nitrogens with two attached hydrogens (primary N) is 1. The van der Waals surface area contributed by atoms with Crippen LogP contribution in [0, 0.1) is 31.8 Å². The molecule has 0 atom stereocenters. The van der Waals surface area contributed by atoms with Crippen molar-refractivity contribution in [1.29, 1.82) is 5.26 Å². The second-order valence-electron chi connectivity index (χ2n) is 12.7. The highest BCUT2D eigenvalue weighted by atomic mass is 16.4. The summed E-state index contributed by atoms with van der Waals surface area (Å²) in [6, 6.07) is 4.87. The normalized spacial score (nSPS) is 12.5. The summed E-state index contributed by atoms with van der Waals surface area (Å²) < 4.78 is 5.04. The highest BCUT2D eigenvalue weighted by Crippen LogP contribution is 2.37. The van der Waals surface area contributed by atoms with Gasteiger partial charge in [-0.3, -0.25) is 0 Å². The molecule has 0 aliphatic heterocycles. The number of carbonyl (C=O) groups is 2. The Hall–Kier alpha value is -8.93. The fourth-order valence-corrected chi connectivity index (χ4v) is 5.89. The van der Waals surface area contributed by atoms with Crippen LogP contribution in [0.1, 0.15) is 50.5 Å². The van der Waals surface area contributed by atoms with Gasteiger partial charge in [-0.2, -0.15) is 50.0 Å². The third-order valence-corrected chi connectivity index (χ3v) is 8.60. The van der Waals surface area contributed by atoms with Gasteiger partial charge in [0.25, 0.3) is 17.6 Å². The maximum absolute atomic E-state index is 11.8. The van der Waals surface area contributed by atoms with Crippen LogP contribution in [0.5, 0.6) is 6.01 Å². The Labute approximate surface area is 331 Å². The zero-order valence-electron chi connectivity index (χ0n) is 31.3. The number of benzene rings is 1. The molecule has 0 radical (unpaired) electrons. The van der Waals surface area contributed by atoms with Crippen LogP contribution in [-0.4, -0.2) is 95.4 Å². The van der Waals surface area contributed by atoms with Crippen molar-refractivity contribution in [2.75, 3.05) is 24.7 Å². The molecule has 1 aromatic carbocycles. The molecule has 7 rings (SSSR count). The molecule has 5 aromatic heterocycles. The SMILES string of the molecule is [C-]#[N+]c1cnn(-c2ccc(C(=O)O)c(C(=O)O)c2)c1N=Nc1c(C)nn(-c2nc(O)nc(-n3nc(C)c(N=Nc4c(C#N)cnn4C4=CCCC=C4)c3N(C)C)n2)c1N. The topological polar surface area (TPSA) is 312 Å². The molecule has 0 bridgehead atoms. The standard InChI is InChI=1S/C35H29N19O5/c1-17-25(44-47-29-24(38-3)16-40-52(29)21-11-12-22(31(55)56)23(13-21)32(57)58)27(37)53(48-17)33-41-34(43-35(59)42-33)54-30(50(4)5)26(18(2)49-54)45-46-28-19(14-36)15-39-51(28)20-9-7-6-8-10-20/h7,9-13,15-16H,6,8,37H2,1-2,4-5H3,(H,55,56)(H,57,58)(H,41,42,43,59). The molecule has 24 nitrogen and oxygen atoms in total. The summed E-state index contributed by atoms with van der Waals surface area (Å²) in [6.45, 7) is 10.8. The van der Waals surface area contributed by atoms with Gasteiger partial charge in [0, 0.05) is 14.1 Å². The Morgan fingerprint density at radius 1 is 0.881 bits per heavy atom. The third kappa shape index (κ3) is 7.06. The molecular weight excluding hydrogens is 767 g/mol. The average molecular weight is 796 g/mol. The van der Waals surface area contributed by atoms with Gasteiger partial charge in [0.2, 0.25) is 0 Å². The molecular formula is C35H29N19O5. The number of anilines is 2. The van der Waals surface area contributed by atoms with E-state index in [9.17, 15) is 30.2 Å². The number of hydrogen-bond acceptors (Lipinski definition) is 17.